The first kappa shape index (κ1) is 35.0. The van der Waals surface area contributed by atoms with Crippen molar-refractivity contribution in [3.63, 3.8) is 0 Å². The van der Waals surface area contributed by atoms with Gasteiger partial charge in [0.05, 0.1) is 0 Å². The van der Waals surface area contributed by atoms with Crippen LogP contribution in [0.15, 0.2) is 164 Å². The fourth-order valence-electron chi connectivity index (χ4n) is 10.8. The first-order valence-corrected chi connectivity index (χ1v) is 20.9. The van der Waals surface area contributed by atoms with Gasteiger partial charge in [0.15, 0.2) is 0 Å². The predicted molar refractivity (Wildman–Crippen MR) is 246 cm³/mol. The summed E-state index contributed by atoms with van der Waals surface area (Å²) in [6.45, 7) is 16.6. The molecule has 0 aromatic heterocycles. The van der Waals surface area contributed by atoms with E-state index in [1.807, 2.05) is 0 Å². The van der Waals surface area contributed by atoms with Gasteiger partial charge in [-0.2, -0.15) is 0 Å². The van der Waals surface area contributed by atoms with E-state index in [1.165, 1.54) is 117 Å². The molecule has 0 bridgehead atoms. The predicted octanol–water partition coefficient (Wildman–Crippen LogP) is 15.6. The first-order valence-electron chi connectivity index (χ1n) is 20.9. The van der Waals surface area contributed by atoms with Crippen LogP contribution in [0.3, 0.4) is 0 Å². The number of hydrogen-bond acceptors (Lipinski definition) is 0. The van der Waals surface area contributed by atoms with Gasteiger partial charge < -0.3 is 0 Å². The molecule has 3 aliphatic carbocycles. The summed E-state index contributed by atoms with van der Waals surface area (Å²) in [4.78, 5) is 0. The van der Waals surface area contributed by atoms with Crippen molar-refractivity contribution in [2.24, 2.45) is 0 Å². The van der Waals surface area contributed by atoms with Crippen molar-refractivity contribution in [1.29, 1.82) is 0 Å². The molecule has 0 saturated carbocycles. The van der Waals surface area contributed by atoms with Gasteiger partial charge in [0.25, 0.3) is 0 Å². The fourth-order valence-corrected chi connectivity index (χ4v) is 10.8. The number of aryl methyl sites for hydroxylation is 1. The lowest BCUT2D eigenvalue weighted by Crippen LogP contribution is -2.16. The highest BCUT2D eigenvalue weighted by Gasteiger charge is 2.39. The van der Waals surface area contributed by atoms with Crippen LogP contribution >= 0.6 is 0 Å². The normalized spacial score (nSPS) is 15.6. The average molecular weight is 745 g/mol. The van der Waals surface area contributed by atoms with E-state index >= 15 is 0 Å². The zero-order valence-electron chi connectivity index (χ0n) is 34.6. The minimum absolute atomic E-state index is 0.0252. The van der Waals surface area contributed by atoms with Crippen molar-refractivity contribution in [2.45, 2.75) is 64.7 Å². The molecule has 0 unspecified atom stereocenters. The molecule has 0 heteroatoms. The lowest BCUT2D eigenvalue weighted by molar-refractivity contribution is 0.659. The molecule has 0 nitrogen and oxygen atoms in total. The highest BCUT2D eigenvalue weighted by atomic mass is 14.4. The van der Waals surface area contributed by atoms with E-state index in [2.05, 4.69) is 212 Å². The van der Waals surface area contributed by atoms with E-state index in [4.69, 9.17) is 0 Å². The third-order valence-corrected chi connectivity index (χ3v) is 14.2. The summed E-state index contributed by atoms with van der Waals surface area (Å²) in [5, 5.41) is 0. The summed E-state index contributed by atoms with van der Waals surface area (Å²) >= 11 is 0. The van der Waals surface area contributed by atoms with Crippen LogP contribution in [0.25, 0.3) is 77.9 Å². The van der Waals surface area contributed by atoms with Gasteiger partial charge in [-0.3, -0.25) is 0 Å². The van der Waals surface area contributed by atoms with E-state index in [0.717, 1.165) is 0 Å². The van der Waals surface area contributed by atoms with Crippen LogP contribution in [0.5, 0.6) is 0 Å². The third kappa shape index (κ3) is 4.94. The van der Waals surface area contributed by atoms with E-state index < -0.39 is 0 Å². The first-order chi connectivity index (χ1) is 27.9. The summed E-state index contributed by atoms with van der Waals surface area (Å²) in [6.07, 6.45) is 0. The molecule has 0 saturated heterocycles. The Kier molecular flexibility index (Phi) is 7.32. The molecule has 58 heavy (non-hydrogen) atoms. The summed E-state index contributed by atoms with van der Waals surface area (Å²) in [5.41, 5.74) is 27.9. The van der Waals surface area contributed by atoms with Crippen LogP contribution < -0.4 is 0 Å². The quantitative estimate of drug-likeness (QED) is 0.168. The zero-order valence-corrected chi connectivity index (χ0v) is 34.6. The van der Waals surface area contributed by atoms with Gasteiger partial charge in [0.1, 0.15) is 0 Å². The molecule has 280 valence electrons. The van der Waals surface area contributed by atoms with Gasteiger partial charge in [0, 0.05) is 16.2 Å². The van der Waals surface area contributed by atoms with Gasteiger partial charge in [-0.1, -0.05) is 181 Å². The minimum atomic E-state index is -0.129. The van der Waals surface area contributed by atoms with Crippen molar-refractivity contribution >= 4 is 0 Å². The maximum atomic E-state index is 2.47. The van der Waals surface area contributed by atoms with Crippen LogP contribution in [0.1, 0.15) is 80.5 Å². The van der Waals surface area contributed by atoms with Gasteiger partial charge in [-0.15, -0.1) is 0 Å². The van der Waals surface area contributed by atoms with Gasteiger partial charge >= 0.3 is 0 Å². The molecular formula is C58H48. The van der Waals surface area contributed by atoms with Crippen molar-refractivity contribution in [3.8, 4) is 77.9 Å². The molecule has 0 N–H and O–H groups in total. The van der Waals surface area contributed by atoms with Crippen molar-refractivity contribution < 1.29 is 0 Å². The number of benzene rings is 8. The second kappa shape index (κ2) is 12.1. The van der Waals surface area contributed by atoms with Crippen molar-refractivity contribution in [1.82, 2.24) is 0 Å². The van der Waals surface area contributed by atoms with Gasteiger partial charge in [-0.25, -0.2) is 0 Å². The molecule has 11 rings (SSSR count). The second-order valence-corrected chi connectivity index (χ2v) is 18.6. The highest BCUT2D eigenvalue weighted by molar-refractivity contribution is 5.91. The standard InChI is InChI=1S/C58H48/c1-35-17-23-44-45-24-18-37(30-51(45)56(2,3)50(44)29-35)38-19-25-46-47-26-20-39(32-53(47)57(4,5)52(46)31-38)40-21-27-48-49-28-22-41(34-55(49)58(6,7)54(48)33-40)43-16-12-11-15-42(43)36-13-9-8-10-14-36/h8-34H,1-7H3. The Hall–Kier alpha value is -6.24. The molecule has 0 radical (unpaired) electrons. The SMILES string of the molecule is Cc1ccc2c(c1)C(C)(C)c1cc(-c3ccc4c(c3)C(C)(C)c3cc(-c5ccc6c(c5)C(C)(C)c5cc(-c7ccccc7-c7ccccc7)ccc5-6)ccc3-4)ccc1-2. The Morgan fingerprint density at radius 3 is 0.931 bits per heavy atom. The Balaban J connectivity index is 0.922. The summed E-state index contributed by atoms with van der Waals surface area (Å²) in [7, 11) is 0. The summed E-state index contributed by atoms with van der Waals surface area (Å²) in [6, 6.07) is 62.3. The minimum Gasteiger partial charge on any atom is -0.0622 e. The van der Waals surface area contributed by atoms with Gasteiger partial charge in [0.2, 0.25) is 0 Å². The highest BCUT2D eigenvalue weighted by Crippen LogP contribution is 2.54. The molecule has 0 fully saturated rings. The molecule has 8 aromatic rings. The summed E-state index contributed by atoms with van der Waals surface area (Å²) < 4.78 is 0. The Morgan fingerprint density at radius 1 is 0.241 bits per heavy atom. The van der Waals surface area contributed by atoms with E-state index in [1.54, 1.807) is 0 Å². The maximum Gasteiger partial charge on any atom is 0.0159 e. The van der Waals surface area contributed by atoms with Crippen LogP contribution in [0.4, 0.5) is 0 Å². The topological polar surface area (TPSA) is 0 Å². The van der Waals surface area contributed by atoms with Crippen molar-refractivity contribution in [3.05, 3.63) is 203 Å². The Bertz CT molecular complexity index is 3020. The molecule has 0 spiro atoms. The smallest absolute Gasteiger partial charge is 0.0159 e. The molecule has 3 aliphatic rings. The van der Waals surface area contributed by atoms with Crippen LogP contribution in [0, 0.1) is 6.92 Å². The van der Waals surface area contributed by atoms with Crippen LogP contribution in [-0.4, -0.2) is 0 Å². The molecule has 0 amide bonds. The summed E-state index contributed by atoms with van der Waals surface area (Å²) in [5.74, 6) is 0. The van der Waals surface area contributed by atoms with E-state index in [-0.39, 0.29) is 16.2 Å². The maximum absolute atomic E-state index is 2.47. The lowest BCUT2D eigenvalue weighted by Gasteiger charge is -2.24. The van der Waals surface area contributed by atoms with E-state index in [0.29, 0.717) is 0 Å². The largest absolute Gasteiger partial charge is 0.0622 e. The average Bonchev–Trinajstić information content (AvgIpc) is 3.71. The zero-order chi connectivity index (χ0) is 39.7. The number of rotatable bonds is 4. The second-order valence-electron chi connectivity index (χ2n) is 18.6. The third-order valence-electron chi connectivity index (χ3n) is 14.2. The van der Waals surface area contributed by atoms with Crippen LogP contribution in [0.2, 0.25) is 0 Å². The number of fused-ring (bicyclic) bond motifs is 9. The molecule has 0 heterocycles. The lowest BCUT2D eigenvalue weighted by atomic mass is 9.79. The van der Waals surface area contributed by atoms with Crippen LogP contribution in [-0.2, 0) is 16.2 Å². The fraction of sp³-hybridized carbons (Fsp3) is 0.172. The molecular weight excluding hydrogens is 697 g/mol. The van der Waals surface area contributed by atoms with Crippen molar-refractivity contribution in [2.75, 3.05) is 0 Å². The molecule has 0 atom stereocenters. The van der Waals surface area contributed by atoms with E-state index in [9.17, 15) is 0 Å². The van der Waals surface area contributed by atoms with Gasteiger partial charge in [-0.05, 0) is 149 Å². The molecule has 8 aromatic carbocycles. The number of hydrogen-bond donors (Lipinski definition) is 0. The Labute approximate surface area is 343 Å². The monoisotopic (exact) mass is 744 g/mol. The molecule has 0 aliphatic heterocycles. The Morgan fingerprint density at radius 2 is 0.534 bits per heavy atom.